The van der Waals surface area contributed by atoms with Gasteiger partial charge in [0.1, 0.15) is 5.82 Å². The fraction of sp³-hybridized carbons (Fsp3) is 0.0909. The van der Waals surface area contributed by atoms with E-state index in [1.807, 2.05) is 0 Å². The number of hydrogen-bond acceptors (Lipinski definition) is 4. The number of nitrogens with zero attached hydrogens (tertiary/aromatic N) is 2. The highest BCUT2D eigenvalue weighted by atomic mass is 35.5. The summed E-state index contributed by atoms with van der Waals surface area (Å²) in [5.41, 5.74) is 0.710. The van der Waals surface area contributed by atoms with Crippen molar-refractivity contribution in [1.29, 1.82) is 0 Å². The molecule has 0 spiro atoms. The Morgan fingerprint density at radius 1 is 1.33 bits per heavy atom. The zero-order valence-corrected chi connectivity index (χ0v) is 9.85. The smallest absolute Gasteiger partial charge is 0.269 e. The molecule has 6 nitrogen and oxygen atoms in total. The van der Waals surface area contributed by atoms with Gasteiger partial charge >= 0.3 is 0 Å². The fourth-order valence-electron chi connectivity index (χ4n) is 1.45. The summed E-state index contributed by atoms with van der Waals surface area (Å²) in [7, 11) is 0. The molecule has 18 heavy (non-hydrogen) atoms. The quantitative estimate of drug-likeness (QED) is 0.523. The Morgan fingerprint density at radius 3 is 2.56 bits per heavy atom. The van der Waals surface area contributed by atoms with Crippen LogP contribution in [-0.2, 0) is 5.88 Å². The van der Waals surface area contributed by atoms with Crippen LogP contribution in [0.25, 0.3) is 11.4 Å². The first-order valence-electron chi connectivity index (χ1n) is 5.01. The maximum atomic E-state index is 11.4. The number of hydrogen-bond donors (Lipinski definition) is 1. The molecule has 1 heterocycles. The third-order valence-corrected chi connectivity index (χ3v) is 2.56. The number of H-pyrrole nitrogens is 1. The molecular weight excluding hydrogens is 258 g/mol. The summed E-state index contributed by atoms with van der Waals surface area (Å²) in [4.78, 5) is 28.1. The second kappa shape index (κ2) is 4.97. The molecule has 0 aliphatic heterocycles. The highest BCUT2D eigenvalue weighted by molar-refractivity contribution is 6.16. The van der Waals surface area contributed by atoms with E-state index in [1.54, 1.807) is 0 Å². The average molecular weight is 266 g/mol. The molecule has 0 radical (unpaired) electrons. The minimum absolute atomic E-state index is 0.0189. The number of nitro benzene ring substituents is 1. The van der Waals surface area contributed by atoms with Crippen molar-refractivity contribution in [3.8, 4) is 11.4 Å². The SMILES string of the molecule is O=c1cc(CCl)nc(-c2ccc([N+](=O)[O-])cc2)[nH]1. The highest BCUT2D eigenvalue weighted by Crippen LogP contribution is 2.18. The van der Waals surface area contributed by atoms with Gasteiger partial charge in [0.15, 0.2) is 0 Å². The van der Waals surface area contributed by atoms with Crippen LogP contribution in [0.4, 0.5) is 5.69 Å². The van der Waals surface area contributed by atoms with Crippen molar-refractivity contribution in [2.75, 3.05) is 0 Å². The van der Waals surface area contributed by atoms with Crippen LogP contribution in [0.2, 0.25) is 0 Å². The molecule has 2 aromatic rings. The Morgan fingerprint density at radius 2 is 2.00 bits per heavy atom. The topological polar surface area (TPSA) is 88.9 Å². The Balaban J connectivity index is 2.45. The first-order valence-corrected chi connectivity index (χ1v) is 5.54. The van der Waals surface area contributed by atoms with Crippen molar-refractivity contribution < 1.29 is 4.92 Å². The van der Waals surface area contributed by atoms with Gasteiger partial charge in [-0.1, -0.05) is 0 Å². The van der Waals surface area contributed by atoms with Crippen LogP contribution in [0, 0.1) is 10.1 Å². The van der Waals surface area contributed by atoms with Crippen molar-refractivity contribution >= 4 is 17.3 Å². The number of nitro groups is 1. The minimum Gasteiger partial charge on any atom is -0.307 e. The van der Waals surface area contributed by atoms with Gasteiger partial charge in [-0.3, -0.25) is 14.9 Å². The van der Waals surface area contributed by atoms with Gasteiger partial charge in [-0.25, -0.2) is 4.98 Å². The molecule has 0 saturated carbocycles. The number of rotatable bonds is 3. The van der Waals surface area contributed by atoms with Crippen LogP contribution in [0.1, 0.15) is 5.69 Å². The maximum Gasteiger partial charge on any atom is 0.269 e. The number of alkyl halides is 1. The van der Waals surface area contributed by atoms with Crippen LogP contribution >= 0.6 is 11.6 Å². The van der Waals surface area contributed by atoms with E-state index in [-0.39, 0.29) is 17.1 Å². The summed E-state index contributed by atoms with van der Waals surface area (Å²) in [6.07, 6.45) is 0. The molecule has 92 valence electrons. The molecule has 0 saturated heterocycles. The second-order valence-electron chi connectivity index (χ2n) is 3.52. The molecule has 0 bridgehead atoms. The van der Waals surface area contributed by atoms with Gasteiger partial charge in [-0.05, 0) is 12.1 Å². The number of halogens is 1. The molecule has 0 atom stereocenters. The lowest BCUT2D eigenvalue weighted by Gasteiger charge is -2.02. The molecule has 0 amide bonds. The molecule has 7 heteroatoms. The monoisotopic (exact) mass is 265 g/mol. The third-order valence-electron chi connectivity index (χ3n) is 2.28. The van der Waals surface area contributed by atoms with Crippen molar-refractivity contribution in [3.63, 3.8) is 0 Å². The van der Waals surface area contributed by atoms with Crippen molar-refractivity contribution in [2.24, 2.45) is 0 Å². The van der Waals surface area contributed by atoms with Gasteiger partial charge in [-0.2, -0.15) is 0 Å². The van der Waals surface area contributed by atoms with Crippen molar-refractivity contribution in [3.05, 3.63) is 56.5 Å². The second-order valence-corrected chi connectivity index (χ2v) is 3.79. The van der Waals surface area contributed by atoms with Gasteiger partial charge in [0.2, 0.25) is 0 Å². The normalized spacial score (nSPS) is 10.3. The van der Waals surface area contributed by atoms with E-state index in [0.29, 0.717) is 17.1 Å². The van der Waals surface area contributed by atoms with Gasteiger partial charge in [-0.15, -0.1) is 11.6 Å². The lowest BCUT2D eigenvalue weighted by Crippen LogP contribution is -2.09. The third kappa shape index (κ3) is 2.54. The number of non-ortho nitro benzene ring substituents is 1. The molecule has 1 aromatic carbocycles. The van der Waals surface area contributed by atoms with Crippen LogP contribution in [0.5, 0.6) is 0 Å². The van der Waals surface area contributed by atoms with E-state index in [2.05, 4.69) is 9.97 Å². The van der Waals surface area contributed by atoms with E-state index in [0.717, 1.165) is 0 Å². The highest BCUT2D eigenvalue weighted by Gasteiger charge is 2.07. The molecule has 0 unspecified atom stereocenters. The zero-order valence-electron chi connectivity index (χ0n) is 9.09. The van der Waals surface area contributed by atoms with E-state index in [4.69, 9.17) is 11.6 Å². The minimum atomic E-state index is -0.491. The Bertz CT molecular complexity index is 637. The van der Waals surface area contributed by atoms with Gasteiger partial charge in [0.05, 0.1) is 16.5 Å². The molecule has 0 aliphatic rings. The fourth-order valence-corrected chi connectivity index (χ4v) is 1.59. The number of nitrogens with one attached hydrogen (secondary N) is 1. The number of aromatic nitrogens is 2. The maximum absolute atomic E-state index is 11.4. The standard InChI is InChI=1S/C11H8ClN3O3/c12-6-8-5-10(16)14-11(13-8)7-1-3-9(4-2-7)15(17)18/h1-5H,6H2,(H,13,14,16). The van der Waals surface area contributed by atoms with Crippen LogP contribution in [0.15, 0.2) is 35.1 Å². The first-order chi connectivity index (χ1) is 8.60. The molecular formula is C11H8ClN3O3. The summed E-state index contributed by atoms with van der Waals surface area (Å²) in [6, 6.07) is 7.05. The van der Waals surface area contributed by atoms with Gasteiger partial charge in [0, 0.05) is 23.8 Å². The van der Waals surface area contributed by atoms with Crippen LogP contribution in [0.3, 0.4) is 0 Å². The largest absolute Gasteiger partial charge is 0.307 e. The summed E-state index contributed by atoms with van der Waals surface area (Å²) in [6.45, 7) is 0. The molecule has 2 rings (SSSR count). The summed E-state index contributed by atoms with van der Waals surface area (Å²) in [5.74, 6) is 0.470. The lowest BCUT2D eigenvalue weighted by molar-refractivity contribution is -0.384. The summed E-state index contributed by atoms with van der Waals surface area (Å²) >= 11 is 5.62. The van der Waals surface area contributed by atoms with E-state index < -0.39 is 4.92 Å². The average Bonchev–Trinajstić information content (AvgIpc) is 2.38. The Labute approximate surface area is 106 Å². The predicted octanol–water partition coefficient (Wildman–Crippen LogP) is 2.08. The molecule has 0 fully saturated rings. The predicted molar refractivity (Wildman–Crippen MR) is 66.5 cm³/mol. The Kier molecular flexibility index (Phi) is 3.38. The van der Waals surface area contributed by atoms with Crippen molar-refractivity contribution in [2.45, 2.75) is 5.88 Å². The molecule has 1 aromatic heterocycles. The van der Waals surface area contributed by atoms with Crippen molar-refractivity contribution in [1.82, 2.24) is 9.97 Å². The summed E-state index contributed by atoms with van der Waals surface area (Å²) in [5, 5.41) is 10.5. The van der Waals surface area contributed by atoms with Crippen LogP contribution in [-0.4, -0.2) is 14.9 Å². The lowest BCUT2D eigenvalue weighted by atomic mass is 10.2. The van der Waals surface area contributed by atoms with E-state index in [1.165, 1.54) is 30.3 Å². The number of benzene rings is 1. The number of aromatic amines is 1. The molecule has 0 aliphatic carbocycles. The van der Waals surface area contributed by atoms with E-state index in [9.17, 15) is 14.9 Å². The molecule has 1 N–H and O–H groups in total. The Hall–Kier alpha value is -2.21. The van der Waals surface area contributed by atoms with Gasteiger partial charge in [0.25, 0.3) is 11.2 Å². The zero-order chi connectivity index (χ0) is 13.1. The van der Waals surface area contributed by atoms with Gasteiger partial charge < -0.3 is 4.98 Å². The first kappa shape index (κ1) is 12.3. The van der Waals surface area contributed by atoms with E-state index >= 15 is 0 Å². The summed E-state index contributed by atoms with van der Waals surface area (Å²) < 4.78 is 0. The van der Waals surface area contributed by atoms with Crippen LogP contribution < -0.4 is 5.56 Å².